The number of rotatable bonds is 6. The first kappa shape index (κ1) is 21.3. The van der Waals surface area contributed by atoms with Crippen molar-refractivity contribution in [1.82, 2.24) is 0 Å². The molecule has 1 aliphatic heterocycles. The average molecular weight is 447 g/mol. The van der Waals surface area contributed by atoms with Crippen LogP contribution in [0.5, 0.6) is 0 Å². The Morgan fingerprint density at radius 1 is 0.853 bits per heavy atom. The molecule has 0 bridgehead atoms. The fourth-order valence-corrected chi connectivity index (χ4v) is 4.01. The molecule has 0 N–H and O–H groups in total. The van der Waals surface area contributed by atoms with E-state index in [1.807, 2.05) is 48.5 Å². The molecule has 0 saturated carbocycles. The highest BCUT2D eigenvalue weighted by Gasteiger charge is 2.29. The van der Waals surface area contributed by atoms with Crippen molar-refractivity contribution in [2.75, 3.05) is 5.01 Å². The van der Waals surface area contributed by atoms with E-state index in [1.54, 1.807) is 18.3 Å². The molecule has 0 saturated heterocycles. The van der Waals surface area contributed by atoms with Crippen LogP contribution in [0.3, 0.4) is 0 Å². The van der Waals surface area contributed by atoms with E-state index >= 15 is 0 Å². The highest BCUT2D eigenvalue weighted by molar-refractivity contribution is 6.03. The number of aliphatic imine (C=N–C) groups is 1. The van der Waals surface area contributed by atoms with Crippen LogP contribution in [0, 0.1) is 10.1 Å². The van der Waals surface area contributed by atoms with Crippen LogP contribution in [0.15, 0.2) is 119 Å². The van der Waals surface area contributed by atoms with Crippen molar-refractivity contribution in [3.05, 3.63) is 136 Å². The van der Waals surface area contributed by atoms with Crippen LogP contribution in [0.2, 0.25) is 0 Å². The monoisotopic (exact) mass is 446 g/mol. The van der Waals surface area contributed by atoms with Crippen molar-refractivity contribution in [3.8, 4) is 0 Å². The van der Waals surface area contributed by atoms with Crippen molar-refractivity contribution in [3.63, 3.8) is 0 Å². The van der Waals surface area contributed by atoms with Crippen LogP contribution in [-0.4, -0.2) is 16.8 Å². The van der Waals surface area contributed by atoms with Crippen LogP contribution < -0.4 is 5.01 Å². The third-order valence-electron chi connectivity index (χ3n) is 5.78. The van der Waals surface area contributed by atoms with E-state index in [2.05, 4.69) is 46.4 Å². The highest BCUT2D eigenvalue weighted by Crippen LogP contribution is 2.36. The zero-order valence-electron chi connectivity index (χ0n) is 18.4. The number of benzene rings is 4. The SMILES string of the molecule is O=[N+]([O-])c1ccc(N=Cc2ccc(N3N=C(c4ccccc4)CC3c3ccccc3)cc2)cc1. The average Bonchev–Trinajstić information content (AvgIpc) is 3.35. The standard InChI is InChI=1S/C28H22N4O2/c33-32(34)26-17-13-24(14-18-26)29-20-21-11-15-25(16-12-21)31-28(23-9-5-2-6-10-23)19-27(30-31)22-7-3-1-4-8-22/h1-18,20,28H,19H2. The molecule has 6 nitrogen and oxygen atoms in total. The van der Waals surface area contributed by atoms with Gasteiger partial charge in [-0.1, -0.05) is 72.8 Å². The Kier molecular flexibility index (Phi) is 5.95. The van der Waals surface area contributed by atoms with Gasteiger partial charge in [-0.05, 0) is 41.0 Å². The van der Waals surface area contributed by atoms with Gasteiger partial charge in [-0.3, -0.25) is 20.1 Å². The number of nitro benzene ring substituents is 1. The van der Waals surface area contributed by atoms with Gasteiger partial charge in [0.15, 0.2) is 0 Å². The Morgan fingerprint density at radius 3 is 2.15 bits per heavy atom. The second-order valence-corrected chi connectivity index (χ2v) is 8.01. The fourth-order valence-electron chi connectivity index (χ4n) is 4.01. The van der Waals surface area contributed by atoms with E-state index in [1.165, 1.54) is 17.7 Å². The number of anilines is 1. The van der Waals surface area contributed by atoms with Gasteiger partial charge >= 0.3 is 0 Å². The molecule has 4 aromatic rings. The summed E-state index contributed by atoms with van der Waals surface area (Å²) < 4.78 is 0. The first-order valence-electron chi connectivity index (χ1n) is 11.0. The number of hydrogen-bond donors (Lipinski definition) is 0. The molecule has 4 aromatic carbocycles. The minimum atomic E-state index is -0.418. The van der Waals surface area contributed by atoms with Crippen LogP contribution >= 0.6 is 0 Å². The maximum Gasteiger partial charge on any atom is 0.269 e. The zero-order chi connectivity index (χ0) is 23.3. The minimum absolute atomic E-state index is 0.0531. The Balaban J connectivity index is 1.39. The third-order valence-corrected chi connectivity index (χ3v) is 5.78. The summed E-state index contributed by atoms with van der Waals surface area (Å²) in [5.41, 5.74) is 6.09. The van der Waals surface area contributed by atoms with E-state index in [0.717, 1.165) is 28.9 Å². The lowest BCUT2D eigenvalue weighted by molar-refractivity contribution is -0.384. The smallest absolute Gasteiger partial charge is 0.258 e. The summed E-state index contributed by atoms with van der Waals surface area (Å²) in [7, 11) is 0. The fraction of sp³-hybridized carbons (Fsp3) is 0.0714. The van der Waals surface area contributed by atoms with Crippen LogP contribution in [-0.2, 0) is 0 Å². The van der Waals surface area contributed by atoms with Gasteiger partial charge in [0.1, 0.15) is 0 Å². The van der Waals surface area contributed by atoms with Gasteiger partial charge in [0, 0.05) is 24.8 Å². The van der Waals surface area contributed by atoms with Gasteiger partial charge in [0.05, 0.1) is 28.1 Å². The van der Waals surface area contributed by atoms with Gasteiger partial charge in [-0.15, -0.1) is 0 Å². The van der Waals surface area contributed by atoms with Crippen molar-refractivity contribution >= 4 is 29.0 Å². The molecule has 0 aromatic heterocycles. The van der Waals surface area contributed by atoms with E-state index < -0.39 is 4.92 Å². The molecule has 1 unspecified atom stereocenters. The molecule has 1 heterocycles. The second kappa shape index (κ2) is 9.50. The normalized spacial score (nSPS) is 15.5. The van der Waals surface area contributed by atoms with E-state index in [-0.39, 0.29) is 11.7 Å². The Labute approximate surface area is 197 Å². The zero-order valence-corrected chi connectivity index (χ0v) is 18.4. The van der Waals surface area contributed by atoms with Gasteiger partial charge in [0.25, 0.3) is 5.69 Å². The molecular formula is C28H22N4O2. The predicted octanol–water partition coefficient (Wildman–Crippen LogP) is 6.70. The van der Waals surface area contributed by atoms with Crippen LogP contribution in [0.1, 0.15) is 29.2 Å². The van der Waals surface area contributed by atoms with Crippen molar-refractivity contribution in [1.29, 1.82) is 0 Å². The first-order valence-corrected chi connectivity index (χ1v) is 11.0. The van der Waals surface area contributed by atoms with E-state index in [0.29, 0.717) is 5.69 Å². The quantitative estimate of drug-likeness (QED) is 0.188. The van der Waals surface area contributed by atoms with Crippen molar-refractivity contribution in [2.24, 2.45) is 10.1 Å². The number of non-ortho nitro benzene ring substituents is 1. The summed E-state index contributed by atoms with van der Waals surface area (Å²) in [5.74, 6) is 0. The number of nitrogens with zero attached hydrogens (tertiary/aromatic N) is 4. The predicted molar refractivity (Wildman–Crippen MR) is 136 cm³/mol. The van der Waals surface area contributed by atoms with Gasteiger partial charge in [-0.25, -0.2) is 0 Å². The summed E-state index contributed by atoms with van der Waals surface area (Å²) in [6.45, 7) is 0. The van der Waals surface area contributed by atoms with E-state index in [4.69, 9.17) is 5.10 Å². The largest absolute Gasteiger partial charge is 0.269 e. The van der Waals surface area contributed by atoms with Gasteiger partial charge in [-0.2, -0.15) is 5.10 Å². The third kappa shape index (κ3) is 4.61. The summed E-state index contributed by atoms with van der Waals surface area (Å²) >= 11 is 0. The molecule has 0 amide bonds. The molecule has 34 heavy (non-hydrogen) atoms. The molecular weight excluding hydrogens is 424 g/mol. The molecule has 6 heteroatoms. The topological polar surface area (TPSA) is 71.1 Å². The minimum Gasteiger partial charge on any atom is -0.258 e. The van der Waals surface area contributed by atoms with Crippen LogP contribution in [0.25, 0.3) is 0 Å². The summed E-state index contributed by atoms with van der Waals surface area (Å²) in [5, 5.41) is 17.9. The summed E-state index contributed by atoms with van der Waals surface area (Å²) in [6, 6.07) is 35.1. The molecule has 166 valence electrons. The van der Waals surface area contributed by atoms with E-state index in [9.17, 15) is 10.1 Å². The van der Waals surface area contributed by atoms with Crippen molar-refractivity contribution < 1.29 is 4.92 Å². The maximum atomic E-state index is 10.8. The number of hydrogen-bond acceptors (Lipinski definition) is 5. The molecule has 0 fully saturated rings. The molecule has 0 aliphatic carbocycles. The number of nitro groups is 1. The Hall–Kier alpha value is -4.58. The molecule has 0 radical (unpaired) electrons. The summed E-state index contributed by atoms with van der Waals surface area (Å²) in [6.07, 6.45) is 2.58. The lowest BCUT2D eigenvalue weighted by atomic mass is 9.98. The lowest BCUT2D eigenvalue weighted by Gasteiger charge is -2.24. The molecule has 0 spiro atoms. The molecule has 1 aliphatic rings. The second-order valence-electron chi connectivity index (χ2n) is 8.01. The highest BCUT2D eigenvalue weighted by atomic mass is 16.6. The Bertz CT molecular complexity index is 1330. The molecule has 5 rings (SSSR count). The maximum absolute atomic E-state index is 10.8. The first-order chi connectivity index (χ1) is 16.7. The Morgan fingerprint density at radius 2 is 1.50 bits per heavy atom. The van der Waals surface area contributed by atoms with Crippen molar-refractivity contribution in [2.45, 2.75) is 12.5 Å². The number of hydrazone groups is 1. The lowest BCUT2D eigenvalue weighted by Crippen LogP contribution is -2.18. The molecule has 1 atom stereocenters. The van der Waals surface area contributed by atoms with Gasteiger partial charge in [0.2, 0.25) is 0 Å². The summed E-state index contributed by atoms with van der Waals surface area (Å²) in [4.78, 5) is 14.8. The van der Waals surface area contributed by atoms with Gasteiger partial charge < -0.3 is 0 Å². The van der Waals surface area contributed by atoms with Crippen LogP contribution in [0.4, 0.5) is 17.1 Å².